The summed E-state index contributed by atoms with van der Waals surface area (Å²) in [6.45, 7) is 1.23. The first-order valence-electron chi connectivity index (χ1n) is 11.1. The van der Waals surface area contributed by atoms with Crippen molar-refractivity contribution in [2.75, 3.05) is 18.1 Å². The van der Waals surface area contributed by atoms with Gasteiger partial charge >= 0.3 is 5.97 Å². The predicted molar refractivity (Wildman–Crippen MR) is 128 cm³/mol. The normalized spacial score (nSPS) is 16.9. The molecule has 0 aromatic heterocycles. The topological polar surface area (TPSA) is 79.6 Å². The highest BCUT2D eigenvalue weighted by Gasteiger charge is 2.28. The van der Waals surface area contributed by atoms with E-state index < -0.39 is 5.97 Å². The molecule has 34 heavy (non-hydrogen) atoms. The molecule has 2 aliphatic rings. The van der Waals surface area contributed by atoms with Crippen molar-refractivity contribution >= 4 is 29.3 Å². The Kier molecular flexibility index (Phi) is 6.35. The van der Waals surface area contributed by atoms with E-state index in [2.05, 4.69) is 6.07 Å². The Balaban J connectivity index is 1.48. The molecule has 0 radical (unpaired) electrons. The van der Waals surface area contributed by atoms with Gasteiger partial charge in [0.05, 0.1) is 41.1 Å². The van der Waals surface area contributed by atoms with Crippen molar-refractivity contribution in [2.24, 2.45) is 0 Å². The number of benzene rings is 3. The van der Waals surface area contributed by atoms with Gasteiger partial charge in [0.15, 0.2) is 0 Å². The molecule has 2 aliphatic heterocycles. The van der Waals surface area contributed by atoms with Crippen LogP contribution in [-0.4, -0.2) is 31.2 Å². The number of carbonyl (C=O) groups is 2. The van der Waals surface area contributed by atoms with Crippen molar-refractivity contribution in [1.29, 1.82) is 5.26 Å². The Morgan fingerprint density at radius 3 is 2.71 bits per heavy atom. The van der Waals surface area contributed by atoms with Crippen molar-refractivity contribution in [1.82, 2.24) is 0 Å². The van der Waals surface area contributed by atoms with Crippen molar-refractivity contribution < 1.29 is 19.1 Å². The van der Waals surface area contributed by atoms with E-state index in [0.29, 0.717) is 35.5 Å². The smallest absolute Gasteiger partial charge is 0.338 e. The molecule has 1 unspecified atom stereocenters. The Morgan fingerprint density at radius 1 is 1.12 bits per heavy atom. The van der Waals surface area contributed by atoms with E-state index in [9.17, 15) is 9.59 Å². The number of nitrogens with zero attached hydrogens (tertiary/aromatic N) is 2. The summed E-state index contributed by atoms with van der Waals surface area (Å²) in [5.41, 5.74) is 3.10. The molecule has 0 N–H and O–H groups in total. The zero-order valence-corrected chi connectivity index (χ0v) is 19.2. The number of esters is 1. The minimum Gasteiger partial charge on any atom is -0.459 e. The minimum absolute atomic E-state index is 0.0516. The van der Waals surface area contributed by atoms with Crippen LogP contribution in [-0.2, 0) is 16.0 Å². The summed E-state index contributed by atoms with van der Waals surface area (Å²) in [6, 6.07) is 22.1. The highest BCUT2D eigenvalue weighted by atomic mass is 32.2. The SMILES string of the molecule is N#Cc1ccc(CN2C(=O)c3ccccc3Sc3ccc(C(=O)OCC4CCCO4)cc32)cc1. The van der Waals surface area contributed by atoms with Gasteiger partial charge in [0.2, 0.25) is 0 Å². The molecule has 3 aromatic carbocycles. The van der Waals surface area contributed by atoms with Gasteiger partial charge in [-0.1, -0.05) is 36.0 Å². The standard InChI is InChI=1S/C27H22N2O4S/c28-15-18-7-9-19(10-8-18)16-29-23-14-20(27(31)33-17-21-4-3-13-32-21)11-12-25(23)34-24-6-2-1-5-22(24)26(29)30/h1-2,5-12,14,21H,3-4,13,16-17H2. The summed E-state index contributed by atoms with van der Waals surface area (Å²) in [5.74, 6) is -0.577. The lowest BCUT2D eigenvalue weighted by atomic mass is 10.1. The number of hydrogen-bond acceptors (Lipinski definition) is 6. The van der Waals surface area contributed by atoms with Crippen LogP contribution in [0.15, 0.2) is 76.5 Å². The van der Waals surface area contributed by atoms with Gasteiger partial charge in [-0.3, -0.25) is 4.79 Å². The third-order valence-corrected chi connectivity index (χ3v) is 7.06. The zero-order valence-electron chi connectivity index (χ0n) is 18.4. The summed E-state index contributed by atoms with van der Waals surface area (Å²) in [7, 11) is 0. The monoisotopic (exact) mass is 470 g/mol. The largest absolute Gasteiger partial charge is 0.459 e. The van der Waals surface area contributed by atoms with Crippen LogP contribution in [0.25, 0.3) is 0 Å². The number of fused-ring (bicyclic) bond motifs is 2. The number of carbonyl (C=O) groups excluding carboxylic acids is 2. The van der Waals surface area contributed by atoms with Crippen LogP contribution in [0, 0.1) is 11.3 Å². The lowest BCUT2D eigenvalue weighted by Gasteiger charge is -2.24. The fraction of sp³-hybridized carbons (Fsp3) is 0.222. The quantitative estimate of drug-likeness (QED) is 0.477. The maximum atomic E-state index is 13.6. The van der Waals surface area contributed by atoms with E-state index in [1.54, 1.807) is 29.2 Å². The van der Waals surface area contributed by atoms with Gasteiger partial charge in [-0.05, 0) is 60.9 Å². The van der Waals surface area contributed by atoms with Gasteiger partial charge in [-0.25, -0.2) is 4.79 Å². The average Bonchev–Trinajstić information content (AvgIpc) is 3.37. The van der Waals surface area contributed by atoms with E-state index in [1.165, 1.54) is 11.8 Å². The van der Waals surface area contributed by atoms with Crippen LogP contribution >= 0.6 is 11.8 Å². The van der Waals surface area contributed by atoms with Crippen LogP contribution in [0.5, 0.6) is 0 Å². The number of amides is 1. The molecular formula is C27H22N2O4S. The van der Waals surface area contributed by atoms with Gasteiger partial charge in [0.1, 0.15) is 6.61 Å². The Hall–Kier alpha value is -3.60. The third-order valence-electron chi connectivity index (χ3n) is 5.92. The molecular weight excluding hydrogens is 448 g/mol. The second-order valence-electron chi connectivity index (χ2n) is 8.21. The summed E-state index contributed by atoms with van der Waals surface area (Å²) in [6.07, 6.45) is 1.81. The van der Waals surface area contributed by atoms with Crippen LogP contribution in [0.4, 0.5) is 5.69 Å². The average molecular weight is 471 g/mol. The van der Waals surface area contributed by atoms with E-state index in [-0.39, 0.29) is 18.6 Å². The maximum Gasteiger partial charge on any atom is 0.338 e. The van der Waals surface area contributed by atoms with E-state index >= 15 is 0 Å². The van der Waals surface area contributed by atoms with Gasteiger partial charge in [-0.15, -0.1) is 0 Å². The zero-order chi connectivity index (χ0) is 23.5. The molecule has 6 nitrogen and oxygen atoms in total. The van der Waals surface area contributed by atoms with Crippen LogP contribution in [0.1, 0.15) is 44.7 Å². The van der Waals surface area contributed by atoms with Crippen molar-refractivity contribution in [2.45, 2.75) is 35.3 Å². The molecule has 2 heterocycles. The highest BCUT2D eigenvalue weighted by molar-refractivity contribution is 7.99. The molecule has 170 valence electrons. The predicted octanol–water partition coefficient (Wildman–Crippen LogP) is 5.21. The molecule has 3 aromatic rings. The second kappa shape index (κ2) is 9.72. The van der Waals surface area contributed by atoms with Crippen LogP contribution in [0.2, 0.25) is 0 Å². The van der Waals surface area contributed by atoms with Gasteiger partial charge in [-0.2, -0.15) is 5.26 Å². The Labute approximate surface area is 202 Å². The summed E-state index contributed by atoms with van der Waals surface area (Å²) >= 11 is 1.50. The first-order valence-corrected chi connectivity index (χ1v) is 11.9. The molecule has 1 atom stereocenters. The minimum atomic E-state index is -0.434. The molecule has 7 heteroatoms. The van der Waals surface area contributed by atoms with Gasteiger partial charge in [0, 0.05) is 16.4 Å². The summed E-state index contributed by atoms with van der Waals surface area (Å²) in [5, 5.41) is 9.10. The number of nitriles is 1. The maximum absolute atomic E-state index is 13.6. The van der Waals surface area contributed by atoms with Crippen molar-refractivity contribution in [3.63, 3.8) is 0 Å². The third kappa shape index (κ3) is 4.56. The van der Waals surface area contributed by atoms with Crippen molar-refractivity contribution in [3.8, 4) is 6.07 Å². The van der Waals surface area contributed by atoms with Gasteiger partial charge < -0.3 is 14.4 Å². The first kappa shape index (κ1) is 22.2. The van der Waals surface area contributed by atoms with E-state index in [1.807, 2.05) is 42.5 Å². The van der Waals surface area contributed by atoms with Crippen LogP contribution in [0.3, 0.4) is 0 Å². The number of ether oxygens (including phenoxy) is 2. The van der Waals surface area contributed by atoms with Crippen LogP contribution < -0.4 is 4.90 Å². The Morgan fingerprint density at radius 2 is 1.94 bits per heavy atom. The first-order chi connectivity index (χ1) is 16.6. The molecule has 1 saturated heterocycles. The molecule has 0 aliphatic carbocycles. The molecule has 0 bridgehead atoms. The molecule has 0 saturated carbocycles. The van der Waals surface area contributed by atoms with Gasteiger partial charge in [0.25, 0.3) is 5.91 Å². The second-order valence-corrected chi connectivity index (χ2v) is 9.30. The lowest BCUT2D eigenvalue weighted by Crippen LogP contribution is -2.30. The summed E-state index contributed by atoms with van der Waals surface area (Å²) in [4.78, 5) is 29.9. The number of anilines is 1. The number of hydrogen-bond donors (Lipinski definition) is 0. The molecule has 5 rings (SSSR count). The van der Waals surface area contributed by atoms with E-state index in [0.717, 1.165) is 28.2 Å². The van der Waals surface area contributed by atoms with E-state index in [4.69, 9.17) is 14.7 Å². The summed E-state index contributed by atoms with van der Waals surface area (Å²) < 4.78 is 11.0. The number of rotatable bonds is 5. The molecule has 1 fully saturated rings. The fourth-order valence-electron chi connectivity index (χ4n) is 4.10. The Bertz CT molecular complexity index is 1280. The molecule has 1 amide bonds. The molecule has 0 spiro atoms. The van der Waals surface area contributed by atoms with Crippen molar-refractivity contribution in [3.05, 3.63) is 89.0 Å². The fourth-order valence-corrected chi connectivity index (χ4v) is 5.16. The lowest BCUT2D eigenvalue weighted by molar-refractivity contribution is 0.0161. The highest BCUT2D eigenvalue weighted by Crippen LogP contribution is 2.42.